The minimum Gasteiger partial charge on any atom is -0.506 e. The third-order valence-electron chi connectivity index (χ3n) is 19.4. The van der Waals surface area contributed by atoms with E-state index in [1.54, 1.807) is 47.5 Å². The molecule has 0 unspecified atom stereocenters. The number of H-pyrrole nitrogens is 3. The molecule has 0 aliphatic carbocycles. The summed E-state index contributed by atoms with van der Waals surface area (Å²) < 4.78 is 10.4. The van der Waals surface area contributed by atoms with E-state index in [1.807, 2.05) is 168 Å². The maximum Gasteiger partial charge on any atom is 0.315 e. The van der Waals surface area contributed by atoms with E-state index in [-0.39, 0.29) is 68.3 Å². The van der Waals surface area contributed by atoms with Gasteiger partial charge in [0.1, 0.15) is 44.7 Å². The van der Waals surface area contributed by atoms with E-state index in [9.17, 15) is 43.5 Å². The molecule has 0 aliphatic heterocycles. The Morgan fingerprint density at radius 2 is 0.780 bits per heavy atom. The standard InChI is InChI=1S/C23H23N5O2.C23H20N4O3.C23H22N4O2.C22H20N4O3/c1-16-8-10-17(11-9-16)12-13-24-22(29)19-14-26-28-21(19)25-15-20(23(28)30)27(2)18-6-4-3-5-7-18;1-15-7-9-16(10-8-15)11-12-24-22(29)19-14-26-27-21(19)25-13-18(23(27)30)20(28)17-5-3-2-4-6-17;1-16-7-9-17(10-8-16)11-12-24-22(28)20-15-26-27-21(20)25-14-19(23(27)29)13-18-5-3-2-4-6-18;1-15-7-9-16(10-8-15)11-12-23-21(27)18-13-25-26-20(18)24-14-19(22(26)28)29-17-5-3-2-4-6-17/h3-11,14-15,26H,12-13H2,1-2H3,(H,24,29);2-10,13-14,28H,11-12H2,1H3,(H,24,29);2-10,14-15,26H,11-13H2,1H3,(H,24,28);2-10,13-14,25H,11-12H2,1H3,(H,23,27). The van der Waals surface area contributed by atoms with Crippen LogP contribution in [-0.4, -0.2) is 120 Å². The number of para-hydroxylation sites is 2. The number of nitrogens with one attached hydrogen (secondary N) is 7. The number of hydrogen-bond donors (Lipinski definition) is 8. The number of fused-ring (bicyclic) bond motifs is 4. The molecule has 8 aromatic heterocycles. The van der Waals surface area contributed by atoms with E-state index < -0.39 is 11.1 Å². The second kappa shape index (κ2) is 37.9. The Balaban J connectivity index is 0.000000136. The number of hydrogen-bond acceptors (Lipinski definition) is 16. The summed E-state index contributed by atoms with van der Waals surface area (Å²) in [7, 11) is 1.81. The summed E-state index contributed by atoms with van der Waals surface area (Å²) >= 11 is 0. The topological polar surface area (TPSA) is 347 Å². The molecule has 8 aromatic carbocycles. The Labute approximate surface area is 676 Å². The highest BCUT2D eigenvalue weighted by Crippen LogP contribution is 2.22. The molecule has 0 atom stereocenters. The Hall–Kier alpha value is -15.4. The molecule has 4 amide bonds. The fraction of sp³-hybridized carbons (Fsp3) is 0.154. The van der Waals surface area contributed by atoms with Gasteiger partial charge in [0, 0.05) is 87.4 Å². The largest absolute Gasteiger partial charge is 0.506 e. The van der Waals surface area contributed by atoms with Gasteiger partial charge in [-0.2, -0.15) is 18.6 Å². The van der Waals surface area contributed by atoms with Crippen LogP contribution >= 0.6 is 0 Å². The van der Waals surface area contributed by atoms with Gasteiger partial charge in [-0.1, -0.05) is 216 Å². The second-order valence-corrected chi connectivity index (χ2v) is 27.9. The highest BCUT2D eigenvalue weighted by atomic mass is 16.5. The minimum atomic E-state index is -0.542. The number of nitrogens with zero attached hydrogens (tertiary/aromatic N) is 10. The lowest BCUT2D eigenvalue weighted by atomic mass is 10.1. The quantitative estimate of drug-likeness (QED) is 0.0295. The molecule has 0 aliphatic rings. The van der Waals surface area contributed by atoms with Crippen LogP contribution in [0.15, 0.2) is 287 Å². The summed E-state index contributed by atoms with van der Waals surface area (Å²) in [6.45, 7) is 10.1. The SMILES string of the molecule is Cc1ccc(CCNC(=O)c2c[nH]n3c(=O)c(Cc4ccccc4)cnc23)cc1.Cc1ccc(CCNC(=O)c2c[nH]n3c(=O)c(N(C)c4ccccc4)cnc23)cc1.Cc1ccc(CCNC(=O)c2c[nH]n3c(=O)c(Oc4ccccc4)cnc23)cc1.Cc1ccc(CCNC(=O)c2cnn3c(=O)c(=C(O)c4ccccc4)cnc23)cc1. The molecular weight excluding hydrogens is 1490 g/mol. The number of aliphatic hydroxyl groups is 1. The van der Waals surface area contributed by atoms with Crippen molar-refractivity contribution < 1.29 is 29.0 Å². The molecule has 16 aromatic rings. The molecule has 8 heterocycles. The molecule has 0 saturated carbocycles. The van der Waals surface area contributed by atoms with E-state index in [2.05, 4.69) is 110 Å². The fourth-order valence-corrected chi connectivity index (χ4v) is 12.7. The second-order valence-electron chi connectivity index (χ2n) is 27.9. The van der Waals surface area contributed by atoms with Gasteiger partial charge < -0.3 is 36.0 Å². The number of aryl methyl sites for hydroxylation is 4. The first-order valence-corrected chi connectivity index (χ1v) is 38.1. The Bertz CT molecular complexity index is 6320. The van der Waals surface area contributed by atoms with Crippen molar-refractivity contribution in [1.82, 2.24) is 79.7 Å². The summed E-state index contributed by atoms with van der Waals surface area (Å²) in [4.78, 5) is 120. The molecule has 27 heteroatoms. The van der Waals surface area contributed by atoms with Crippen LogP contribution < -0.4 is 58.4 Å². The average molecular weight is 1580 g/mol. The number of ether oxygens (including phenoxy) is 1. The van der Waals surface area contributed by atoms with Crippen molar-refractivity contribution in [2.75, 3.05) is 38.1 Å². The van der Waals surface area contributed by atoms with Crippen LogP contribution in [0.5, 0.6) is 11.5 Å². The molecule has 16 rings (SSSR count). The highest BCUT2D eigenvalue weighted by molar-refractivity contribution is 6.01. The van der Waals surface area contributed by atoms with Crippen molar-refractivity contribution in [3.8, 4) is 11.5 Å². The Morgan fingerprint density at radius 1 is 0.398 bits per heavy atom. The van der Waals surface area contributed by atoms with Crippen LogP contribution in [0.25, 0.3) is 28.3 Å². The van der Waals surface area contributed by atoms with E-state index in [4.69, 9.17) is 4.74 Å². The van der Waals surface area contributed by atoms with Gasteiger partial charge in [0.2, 0.25) is 5.75 Å². The Kier molecular flexibility index (Phi) is 25.9. The first-order valence-electron chi connectivity index (χ1n) is 38.1. The van der Waals surface area contributed by atoms with Crippen LogP contribution in [0.3, 0.4) is 0 Å². The molecule has 0 fully saturated rings. The van der Waals surface area contributed by atoms with Gasteiger partial charge in [0.15, 0.2) is 22.6 Å². The lowest BCUT2D eigenvalue weighted by molar-refractivity contribution is 0.0947. The van der Waals surface area contributed by atoms with Crippen molar-refractivity contribution in [2.24, 2.45) is 0 Å². The summed E-state index contributed by atoms with van der Waals surface area (Å²) in [5.74, 6) is -0.744. The lowest BCUT2D eigenvalue weighted by Crippen LogP contribution is -2.34. The monoisotopic (exact) mass is 1580 g/mol. The van der Waals surface area contributed by atoms with Gasteiger partial charge >= 0.3 is 5.56 Å². The summed E-state index contributed by atoms with van der Waals surface area (Å²) in [6.07, 6.45) is 14.9. The van der Waals surface area contributed by atoms with Crippen molar-refractivity contribution in [2.45, 2.75) is 59.8 Å². The Morgan fingerprint density at radius 3 is 1.24 bits per heavy atom. The van der Waals surface area contributed by atoms with E-state index in [1.165, 1.54) is 79.2 Å². The number of carbonyl (C=O) groups is 4. The molecule has 0 saturated heterocycles. The zero-order chi connectivity index (χ0) is 82.6. The molecule has 594 valence electrons. The van der Waals surface area contributed by atoms with Crippen molar-refractivity contribution in [3.05, 3.63) is 398 Å². The van der Waals surface area contributed by atoms with Crippen LogP contribution in [0.4, 0.5) is 11.4 Å². The maximum absolute atomic E-state index is 12.9. The highest BCUT2D eigenvalue weighted by Gasteiger charge is 2.22. The van der Waals surface area contributed by atoms with Crippen molar-refractivity contribution in [1.29, 1.82) is 0 Å². The van der Waals surface area contributed by atoms with Gasteiger partial charge in [-0.3, -0.25) is 53.7 Å². The molecule has 0 bridgehead atoms. The first-order chi connectivity index (χ1) is 57.3. The van der Waals surface area contributed by atoms with Gasteiger partial charge in [0.05, 0.1) is 18.6 Å². The molecule has 0 spiro atoms. The number of aromatic nitrogens is 12. The summed E-state index contributed by atoms with van der Waals surface area (Å²) in [6, 6.07) is 69.7. The average Bonchev–Trinajstić information content (AvgIpc) is 1.62. The van der Waals surface area contributed by atoms with Crippen LogP contribution in [-0.2, 0) is 32.1 Å². The third-order valence-corrected chi connectivity index (χ3v) is 19.4. The molecular formula is C91H85N17O10. The fourth-order valence-electron chi connectivity index (χ4n) is 12.7. The summed E-state index contributed by atoms with van der Waals surface area (Å²) in [5.41, 5.74) is 13.6. The number of aromatic amines is 3. The third kappa shape index (κ3) is 19.8. The van der Waals surface area contributed by atoms with E-state index >= 15 is 0 Å². The van der Waals surface area contributed by atoms with E-state index in [0.29, 0.717) is 89.6 Å². The molecule has 27 nitrogen and oxygen atoms in total. The normalized spacial score (nSPS) is 11.2. The van der Waals surface area contributed by atoms with Crippen LogP contribution in [0.2, 0.25) is 0 Å². The number of anilines is 2. The van der Waals surface area contributed by atoms with Crippen molar-refractivity contribution >= 4 is 63.4 Å². The van der Waals surface area contributed by atoms with Crippen LogP contribution in [0, 0.1) is 27.7 Å². The zero-order valence-corrected chi connectivity index (χ0v) is 65.4. The lowest BCUT2D eigenvalue weighted by Gasteiger charge is -2.18. The predicted molar refractivity (Wildman–Crippen MR) is 453 cm³/mol. The molecule has 8 N–H and O–H groups in total. The van der Waals surface area contributed by atoms with Crippen LogP contribution in [0.1, 0.15) is 103 Å². The van der Waals surface area contributed by atoms with Crippen molar-refractivity contribution in [3.63, 3.8) is 0 Å². The first kappa shape index (κ1) is 80.6. The minimum absolute atomic E-state index is 0.0168. The number of carbonyl (C=O) groups excluding carboxylic acids is 4. The van der Waals surface area contributed by atoms with Gasteiger partial charge in [-0.15, -0.1) is 0 Å². The molecule has 0 radical (unpaired) electrons. The maximum atomic E-state index is 12.9. The van der Waals surface area contributed by atoms with E-state index in [0.717, 1.165) is 57.3 Å². The van der Waals surface area contributed by atoms with Gasteiger partial charge in [-0.05, 0) is 105 Å². The summed E-state index contributed by atoms with van der Waals surface area (Å²) in [5, 5.41) is 34.5. The van der Waals surface area contributed by atoms with Gasteiger partial charge in [-0.25, -0.2) is 24.5 Å². The molecule has 118 heavy (non-hydrogen) atoms. The van der Waals surface area contributed by atoms with Gasteiger partial charge in [0.25, 0.3) is 40.3 Å². The number of aliphatic hydroxyl groups excluding tert-OH is 1. The number of rotatable bonds is 23. The number of benzene rings is 8. The smallest absolute Gasteiger partial charge is 0.315 e. The predicted octanol–water partition coefficient (Wildman–Crippen LogP) is 10.9. The zero-order valence-electron chi connectivity index (χ0n) is 65.4. The number of amides is 4.